The number of carboxylic acid groups (broad SMARTS) is 1. The van der Waals surface area contributed by atoms with Crippen molar-refractivity contribution in [2.75, 3.05) is 0 Å². The van der Waals surface area contributed by atoms with Gasteiger partial charge in [0.2, 0.25) is 0 Å². The maximum absolute atomic E-state index is 12.5. The summed E-state index contributed by atoms with van der Waals surface area (Å²) in [6.07, 6.45) is 3.54. The SMILES string of the molecule is CCCCn1cc(C)c(-c2cccc(Br)c2)c(C(=O)O)c1=O. The van der Waals surface area contributed by atoms with Crippen LogP contribution in [0.1, 0.15) is 35.7 Å². The molecule has 0 saturated heterocycles. The second-order valence-electron chi connectivity index (χ2n) is 5.23. The standard InChI is InChI=1S/C17H18BrNO3/c1-3-4-8-19-10-11(2)14(15(16(19)20)17(21)22)12-6-5-7-13(18)9-12/h5-7,9-10H,3-4,8H2,1-2H3,(H,21,22). The van der Waals surface area contributed by atoms with Gasteiger partial charge < -0.3 is 9.67 Å². The number of rotatable bonds is 5. The van der Waals surface area contributed by atoms with Gasteiger partial charge in [0.1, 0.15) is 5.56 Å². The van der Waals surface area contributed by atoms with Crippen molar-refractivity contribution in [1.29, 1.82) is 0 Å². The van der Waals surface area contributed by atoms with Gasteiger partial charge in [-0.25, -0.2) is 4.79 Å². The summed E-state index contributed by atoms with van der Waals surface area (Å²) in [4.78, 5) is 24.2. The molecule has 1 N–H and O–H groups in total. The van der Waals surface area contributed by atoms with E-state index in [0.717, 1.165) is 28.4 Å². The van der Waals surface area contributed by atoms with E-state index in [1.807, 2.05) is 38.1 Å². The molecule has 0 saturated carbocycles. The number of aryl methyl sites for hydroxylation is 2. The number of benzene rings is 1. The van der Waals surface area contributed by atoms with E-state index >= 15 is 0 Å². The minimum atomic E-state index is -1.19. The Morgan fingerprint density at radius 3 is 2.68 bits per heavy atom. The topological polar surface area (TPSA) is 59.3 Å². The van der Waals surface area contributed by atoms with Crippen LogP contribution in [0.15, 0.2) is 39.7 Å². The summed E-state index contributed by atoms with van der Waals surface area (Å²) in [5.74, 6) is -1.19. The minimum Gasteiger partial charge on any atom is -0.477 e. The van der Waals surface area contributed by atoms with Crippen LogP contribution in [0.3, 0.4) is 0 Å². The van der Waals surface area contributed by atoms with Crippen LogP contribution in [0.5, 0.6) is 0 Å². The molecule has 0 fully saturated rings. The number of hydrogen-bond donors (Lipinski definition) is 1. The maximum atomic E-state index is 12.5. The van der Waals surface area contributed by atoms with Gasteiger partial charge in [0.15, 0.2) is 0 Å². The van der Waals surface area contributed by atoms with Gasteiger partial charge in [-0.1, -0.05) is 41.4 Å². The largest absolute Gasteiger partial charge is 0.477 e. The molecule has 0 aliphatic carbocycles. The van der Waals surface area contributed by atoms with E-state index in [-0.39, 0.29) is 5.56 Å². The molecule has 0 unspecified atom stereocenters. The van der Waals surface area contributed by atoms with Gasteiger partial charge in [0, 0.05) is 22.8 Å². The highest BCUT2D eigenvalue weighted by atomic mass is 79.9. The van der Waals surface area contributed by atoms with Gasteiger partial charge in [-0.05, 0) is 36.6 Å². The molecule has 2 rings (SSSR count). The monoisotopic (exact) mass is 363 g/mol. The lowest BCUT2D eigenvalue weighted by molar-refractivity contribution is 0.0695. The molecule has 0 radical (unpaired) electrons. The lowest BCUT2D eigenvalue weighted by Crippen LogP contribution is -2.28. The van der Waals surface area contributed by atoms with Crippen LogP contribution in [0, 0.1) is 6.92 Å². The van der Waals surface area contributed by atoms with E-state index in [2.05, 4.69) is 15.9 Å². The highest BCUT2D eigenvalue weighted by molar-refractivity contribution is 9.10. The highest BCUT2D eigenvalue weighted by Gasteiger charge is 2.20. The Bertz CT molecular complexity index is 765. The molecule has 1 aromatic heterocycles. The second kappa shape index (κ2) is 6.92. The van der Waals surface area contributed by atoms with Crippen molar-refractivity contribution in [3.8, 4) is 11.1 Å². The third-order valence-electron chi connectivity index (χ3n) is 3.55. The molecule has 22 heavy (non-hydrogen) atoms. The first kappa shape index (κ1) is 16.5. The number of carbonyl (C=O) groups is 1. The average Bonchev–Trinajstić information content (AvgIpc) is 2.46. The van der Waals surface area contributed by atoms with E-state index < -0.39 is 11.5 Å². The minimum absolute atomic E-state index is 0.158. The molecule has 1 heterocycles. The van der Waals surface area contributed by atoms with Crippen molar-refractivity contribution in [3.63, 3.8) is 0 Å². The number of aromatic carboxylic acids is 1. The molecular formula is C17H18BrNO3. The number of nitrogens with zero attached hydrogens (tertiary/aromatic N) is 1. The number of carboxylic acids is 1. The van der Waals surface area contributed by atoms with Gasteiger partial charge in [0.25, 0.3) is 5.56 Å². The fourth-order valence-electron chi connectivity index (χ4n) is 2.51. The average molecular weight is 364 g/mol. The van der Waals surface area contributed by atoms with Crippen molar-refractivity contribution < 1.29 is 9.90 Å². The van der Waals surface area contributed by atoms with Crippen LogP contribution in [0.25, 0.3) is 11.1 Å². The first-order valence-electron chi connectivity index (χ1n) is 7.19. The number of halogens is 1. The van der Waals surface area contributed by atoms with Crippen LogP contribution in [0.2, 0.25) is 0 Å². The zero-order valence-electron chi connectivity index (χ0n) is 12.6. The molecule has 0 aliphatic rings. The molecule has 0 bridgehead atoms. The van der Waals surface area contributed by atoms with Gasteiger partial charge in [-0.15, -0.1) is 0 Å². The van der Waals surface area contributed by atoms with Crippen LogP contribution in [-0.4, -0.2) is 15.6 Å². The van der Waals surface area contributed by atoms with E-state index in [1.54, 1.807) is 6.20 Å². The molecule has 0 aliphatic heterocycles. The van der Waals surface area contributed by atoms with Crippen LogP contribution in [0.4, 0.5) is 0 Å². The summed E-state index contributed by atoms with van der Waals surface area (Å²) in [7, 11) is 0. The molecule has 5 heteroatoms. The Kier molecular flexibility index (Phi) is 5.19. The Hall–Kier alpha value is -1.88. The zero-order valence-corrected chi connectivity index (χ0v) is 14.2. The highest BCUT2D eigenvalue weighted by Crippen LogP contribution is 2.28. The van der Waals surface area contributed by atoms with Crippen molar-refractivity contribution in [3.05, 3.63) is 56.4 Å². The third kappa shape index (κ3) is 3.30. The van der Waals surface area contributed by atoms with Crippen molar-refractivity contribution in [2.45, 2.75) is 33.2 Å². The predicted molar refractivity (Wildman–Crippen MR) is 90.4 cm³/mol. The van der Waals surface area contributed by atoms with Gasteiger partial charge in [-0.2, -0.15) is 0 Å². The number of hydrogen-bond acceptors (Lipinski definition) is 2. The maximum Gasteiger partial charge on any atom is 0.341 e. The predicted octanol–water partition coefficient (Wildman–Crippen LogP) is 4.08. The van der Waals surface area contributed by atoms with Crippen molar-refractivity contribution in [1.82, 2.24) is 4.57 Å². The molecule has 0 amide bonds. The molecule has 2 aromatic rings. The summed E-state index contributed by atoms with van der Waals surface area (Å²) >= 11 is 3.38. The lowest BCUT2D eigenvalue weighted by atomic mass is 9.97. The van der Waals surface area contributed by atoms with Crippen LogP contribution >= 0.6 is 15.9 Å². The molecule has 1 aromatic carbocycles. The van der Waals surface area contributed by atoms with E-state index in [4.69, 9.17) is 0 Å². The van der Waals surface area contributed by atoms with Gasteiger partial charge >= 0.3 is 5.97 Å². The van der Waals surface area contributed by atoms with E-state index in [1.165, 1.54) is 4.57 Å². The summed E-state index contributed by atoms with van der Waals surface area (Å²) < 4.78 is 2.35. The molecular weight excluding hydrogens is 346 g/mol. The van der Waals surface area contributed by atoms with Crippen LogP contribution in [-0.2, 0) is 6.54 Å². The number of unbranched alkanes of at least 4 members (excludes halogenated alkanes) is 1. The second-order valence-corrected chi connectivity index (χ2v) is 6.15. The normalized spacial score (nSPS) is 10.7. The summed E-state index contributed by atoms with van der Waals surface area (Å²) in [5, 5.41) is 9.53. The Labute approximate surface area is 137 Å². The fraction of sp³-hybridized carbons (Fsp3) is 0.294. The van der Waals surface area contributed by atoms with Crippen LogP contribution < -0.4 is 5.56 Å². The number of pyridine rings is 1. The third-order valence-corrected chi connectivity index (χ3v) is 4.04. The first-order chi connectivity index (χ1) is 10.5. The van der Waals surface area contributed by atoms with Gasteiger partial charge in [-0.3, -0.25) is 4.79 Å². The van der Waals surface area contributed by atoms with Gasteiger partial charge in [0.05, 0.1) is 0 Å². The smallest absolute Gasteiger partial charge is 0.341 e. The van der Waals surface area contributed by atoms with E-state index in [9.17, 15) is 14.7 Å². The first-order valence-corrected chi connectivity index (χ1v) is 7.98. The van der Waals surface area contributed by atoms with Crippen molar-refractivity contribution >= 4 is 21.9 Å². The molecule has 0 spiro atoms. The van der Waals surface area contributed by atoms with E-state index in [0.29, 0.717) is 12.1 Å². The lowest BCUT2D eigenvalue weighted by Gasteiger charge is -2.14. The Morgan fingerprint density at radius 1 is 1.36 bits per heavy atom. The molecule has 0 atom stereocenters. The zero-order chi connectivity index (χ0) is 16.3. The van der Waals surface area contributed by atoms with Crippen molar-refractivity contribution in [2.24, 2.45) is 0 Å². The Balaban J connectivity index is 2.71. The molecule has 4 nitrogen and oxygen atoms in total. The fourth-order valence-corrected chi connectivity index (χ4v) is 2.91. The Morgan fingerprint density at radius 2 is 2.09 bits per heavy atom. The summed E-state index contributed by atoms with van der Waals surface area (Å²) in [6.45, 7) is 4.41. The summed E-state index contributed by atoms with van der Waals surface area (Å²) in [5.41, 5.74) is 1.40. The molecule has 116 valence electrons. The summed E-state index contributed by atoms with van der Waals surface area (Å²) in [6, 6.07) is 7.33. The number of aromatic nitrogens is 1. The quantitative estimate of drug-likeness (QED) is 0.870.